The van der Waals surface area contributed by atoms with Crippen LogP contribution >= 0.6 is 24.8 Å². The molecule has 0 bridgehead atoms. The minimum Gasteiger partial charge on any atom is -0.496 e. The van der Waals surface area contributed by atoms with Crippen molar-refractivity contribution < 1.29 is 14.7 Å². The number of anilines is 1. The maximum atomic E-state index is 11.1. The Balaban J connectivity index is 0.00000210. The lowest BCUT2D eigenvalue weighted by molar-refractivity contribution is -0.124. The summed E-state index contributed by atoms with van der Waals surface area (Å²) in [5.74, 6) is 1.09. The highest BCUT2D eigenvalue weighted by molar-refractivity contribution is 5.90. The minimum absolute atomic E-state index is 0. The number of methoxy groups -OCH3 is 1. The number of pyridine rings is 1. The molecule has 0 aliphatic carbocycles. The van der Waals surface area contributed by atoms with E-state index in [2.05, 4.69) is 21.7 Å². The molecule has 9 heteroatoms. The Morgan fingerprint density at radius 3 is 2.72 bits per heavy atom. The van der Waals surface area contributed by atoms with Gasteiger partial charge in [-0.15, -0.1) is 24.8 Å². The topological polar surface area (TPSA) is 95.5 Å². The highest BCUT2D eigenvalue weighted by atomic mass is 35.5. The van der Waals surface area contributed by atoms with E-state index in [9.17, 15) is 4.79 Å². The lowest BCUT2D eigenvalue weighted by atomic mass is 9.89. The van der Waals surface area contributed by atoms with Gasteiger partial charge in [-0.1, -0.05) is 18.2 Å². The molecule has 0 unspecified atom stereocenters. The van der Waals surface area contributed by atoms with E-state index in [4.69, 9.17) is 9.94 Å². The van der Waals surface area contributed by atoms with Crippen molar-refractivity contribution in [3.8, 4) is 5.75 Å². The first kappa shape index (κ1) is 24.7. The van der Waals surface area contributed by atoms with E-state index in [1.54, 1.807) is 24.9 Å². The van der Waals surface area contributed by atoms with Gasteiger partial charge in [0.25, 0.3) is 5.91 Å². The van der Waals surface area contributed by atoms with Crippen molar-refractivity contribution in [2.75, 3.05) is 25.5 Å². The van der Waals surface area contributed by atoms with Crippen LogP contribution in [-0.2, 0) is 11.2 Å². The number of para-hydroxylation sites is 1. The number of hydrogen-bond acceptors (Lipinski definition) is 6. The average Bonchev–Trinajstić information content (AvgIpc) is 3.15. The minimum atomic E-state index is -0.579. The van der Waals surface area contributed by atoms with Crippen molar-refractivity contribution in [3.05, 3.63) is 59.8 Å². The predicted octanol–water partition coefficient (Wildman–Crippen LogP) is 2.84. The van der Waals surface area contributed by atoms with Crippen LogP contribution in [0.3, 0.4) is 0 Å². The van der Waals surface area contributed by atoms with Gasteiger partial charge in [-0.3, -0.25) is 10.0 Å². The SMILES string of the molecule is COc1ccccc1C[C@@]1(Nc2ccc(/C=C/C(=O)NO)cn2)CCNC1.Cl.Cl. The molecule has 0 saturated carbocycles. The van der Waals surface area contributed by atoms with Crippen molar-refractivity contribution in [1.29, 1.82) is 0 Å². The third-order valence-corrected chi connectivity index (χ3v) is 4.68. The molecule has 1 aromatic heterocycles. The molecule has 2 aromatic rings. The molecule has 1 aliphatic heterocycles. The maximum Gasteiger partial charge on any atom is 0.267 e. The molecule has 3 rings (SSSR count). The van der Waals surface area contributed by atoms with Gasteiger partial charge in [0.1, 0.15) is 11.6 Å². The van der Waals surface area contributed by atoms with Gasteiger partial charge in [0.2, 0.25) is 0 Å². The molecule has 158 valence electrons. The zero-order valence-electron chi connectivity index (χ0n) is 16.1. The molecule has 0 spiro atoms. The molecule has 1 amide bonds. The molecule has 29 heavy (non-hydrogen) atoms. The monoisotopic (exact) mass is 440 g/mol. The molecule has 1 atom stereocenters. The first-order valence-corrected chi connectivity index (χ1v) is 8.83. The number of nitrogens with zero attached hydrogens (tertiary/aromatic N) is 1. The summed E-state index contributed by atoms with van der Waals surface area (Å²) >= 11 is 0. The number of ether oxygens (including phenoxy) is 1. The van der Waals surface area contributed by atoms with Crippen molar-refractivity contribution in [2.45, 2.75) is 18.4 Å². The standard InChI is InChI=1S/C20H24N4O3.2ClH/c1-27-17-5-3-2-4-16(17)12-20(10-11-21-14-20)23-18-8-6-15(13-22-18)7-9-19(25)24-26;;/h2-9,13,21,26H,10-12,14H2,1H3,(H,22,23)(H,24,25);2*1H/b9-7+;;/t20-;;/m0../s1. The van der Waals surface area contributed by atoms with Crippen LogP contribution in [0.4, 0.5) is 5.82 Å². The third kappa shape index (κ3) is 6.61. The van der Waals surface area contributed by atoms with Crippen LogP contribution in [0.25, 0.3) is 6.08 Å². The number of hydrogen-bond donors (Lipinski definition) is 4. The van der Waals surface area contributed by atoms with E-state index < -0.39 is 5.91 Å². The Labute approximate surface area is 182 Å². The first-order valence-electron chi connectivity index (χ1n) is 8.83. The van der Waals surface area contributed by atoms with Gasteiger partial charge in [-0.2, -0.15) is 0 Å². The lowest BCUT2D eigenvalue weighted by Crippen LogP contribution is -2.43. The summed E-state index contributed by atoms with van der Waals surface area (Å²) in [6.07, 6.45) is 6.32. The Morgan fingerprint density at radius 2 is 2.10 bits per heavy atom. The molecule has 1 aromatic carbocycles. The normalized spacial score (nSPS) is 17.9. The fourth-order valence-corrected chi connectivity index (χ4v) is 3.32. The van der Waals surface area contributed by atoms with Crippen LogP contribution in [0.15, 0.2) is 48.7 Å². The van der Waals surface area contributed by atoms with E-state index in [1.807, 2.05) is 30.3 Å². The van der Waals surface area contributed by atoms with Gasteiger partial charge in [0.15, 0.2) is 0 Å². The quantitative estimate of drug-likeness (QED) is 0.300. The summed E-state index contributed by atoms with van der Waals surface area (Å²) in [6.45, 7) is 1.78. The van der Waals surface area contributed by atoms with Crippen molar-refractivity contribution in [3.63, 3.8) is 0 Å². The number of carbonyl (C=O) groups excluding carboxylic acids is 1. The average molecular weight is 441 g/mol. The number of nitrogens with one attached hydrogen (secondary N) is 3. The predicted molar refractivity (Wildman–Crippen MR) is 118 cm³/mol. The van der Waals surface area contributed by atoms with Gasteiger partial charge < -0.3 is 15.4 Å². The largest absolute Gasteiger partial charge is 0.496 e. The summed E-state index contributed by atoms with van der Waals surface area (Å²) in [4.78, 5) is 15.5. The van der Waals surface area contributed by atoms with Crippen LogP contribution in [0.1, 0.15) is 17.5 Å². The summed E-state index contributed by atoms with van der Waals surface area (Å²) < 4.78 is 5.50. The summed E-state index contributed by atoms with van der Waals surface area (Å²) in [7, 11) is 1.69. The molecule has 2 heterocycles. The van der Waals surface area contributed by atoms with Crippen molar-refractivity contribution in [1.82, 2.24) is 15.8 Å². The molecule has 0 radical (unpaired) electrons. The second-order valence-corrected chi connectivity index (χ2v) is 6.61. The van der Waals surface area contributed by atoms with Crippen LogP contribution in [0.2, 0.25) is 0 Å². The van der Waals surface area contributed by atoms with E-state index in [0.29, 0.717) is 0 Å². The number of rotatable bonds is 7. The number of amides is 1. The van der Waals surface area contributed by atoms with Crippen molar-refractivity contribution in [2.24, 2.45) is 0 Å². The van der Waals surface area contributed by atoms with E-state index in [1.165, 1.54) is 6.08 Å². The second-order valence-electron chi connectivity index (χ2n) is 6.61. The Kier molecular flexibility index (Phi) is 9.91. The summed E-state index contributed by atoms with van der Waals surface area (Å²) in [5, 5.41) is 15.5. The lowest BCUT2D eigenvalue weighted by Gasteiger charge is -2.31. The Hall–Kier alpha value is -2.32. The highest BCUT2D eigenvalue weighted by Gasteiger charge is 2.35. The van der Waals surface area contributed by atoms with Gasteiger partial charge in [-0.25, -0.2) is 10.5 Å². The maximum absolute atomic E-state index is 11.1. The number of carbonyl (C=O) groups is 1. The van der Waals surface area contributed by atoms with Crippen LogP contribution in [-0.4, -0.2) is 41.8 Å². The van der Waals surface area contributed by atoms with E-state index >= 15 is 0 Å². The molecular weight excluding hydrogens is 415 g/mol. The fraction of sp³-hybridized carbons (Fsp3) is 0.300. The van der Waals surface area contributed by atoms with Gasteiger partial charge in [0.05, 0.1) is 12.6 Å². The fourth-order valence-electron chi connectivity index (χ4n) is 3.32. The summed E-state index contributed by atoms with van der Waals surface area (Å²) in [6, 6.07) is 11.8. The summed E-state index contributed by atoms with van der Waals surface area (Å²) in [5.41, 5.74) is 3.34. The van der Waals surface area contributed by atoms with Gasteiger partial charge in [0, 0.05) is 25.2 Å². The zero-order chi connectivity index (χ0) is 19.1. The van der Waals surface area contributed by atoms with Crippen LogP contribution in [0, 0.1) is 0 Å². The second kappa shape index (κ2) is 11.6. The third-order valence-electron chi connectivity index (χ3n) is 4.68. The van der Waals surface area contributed by atoms with Crippen LogP contribution in [0.5, 0.6) is 5.75 Å². The van der Waals surface area contributed by atoms with E-state index in [0.717, 1.165) is 48.6 Å². The van der Waals surface area contributed by atoms with Gasteiger partial charge in [-0.05, 0) is 48.4 Å². The highest BCUT2D eigenvalue weighted by Crippen LogP contribution is 2.29. The van der Waals surface area contributed by atoms with Crippen molar-refractivity contribution >= 4 is 42.6 Å². The Morgan fingerprint density at radius 1 is 1.31 bits per heavy atom. The Bertz CT molecular complexity index is 810. The smallest absolute Gasteiger partial charge is 0.267 e. The first-order chi connectivity index (χ1) is 13.1. The van der Waals surface area contributed by atoms with Gasteiger partial charge >= 0.3 is 0 Å². The molecule has 1 fully saturated rings. The zero-order valence-corrected chi connectivity index (χ0v) is 17.7. The number of benzene rings is 1. The number of halogens is 2. The molecule has 7 nitrogen and oxygen atoms in total. The van der Waals surface area contributed by atoms with E-state index in [-0.39, 0.29) is 30.4 Å². The number of aromatic nitrogens is 1. The van der Waals surface area contributed by atoms with Crippen LogP contribution < -0.4 is 20.9 Å². The number of hydroxylamine groups is 1. The molecular formula is C20H26Cl2N4O3. The molecule has 1 aliphatic rings. The molecule has 1 saturated heterocycles. The molecule has 4 N–H and O–H groups in total.